The van der Waals surface area contributed by atoms with Gasteiger partial charge in [-0.05, 0) is 18.3 Å². The van der Waals surface area contributed by atoms with E-state index in [1.165, 1.54) is 6.42 Å². The monoisotopic (exact) mass is 192 g/mol. The zero-order chi connectivity index (χ0) is 10.1. The van der Waals surface area contributed by atoms with Crippen LogP contribution in [-0.2, 0) is 9.53 Å². The predicted molar refractivity (Wildman–Crippen MR) is 52.8 cm³/mol. The van der Waals surface area contributed by atoms with Crippen LogP contribution in [0.25, 0.3) is 0 Å². The van der Waals surface area contributed by atoms with Crippen molar-refractivity contribution in [3.63, 3.8) is 0 Å². The zero-order valence-electron chi connectivity index (χ0n) is 8.75. The lowest BCUT2D eigenvalue weighted by molar-refractivity contribution is -0.135. The van der Waals surface area contributed by atoms with Crippen molar-refractivity contribution in [2.45, 2.75) is 25.4 Å². The Morgan fingerprint density at radius 1 is 1.64 bits per heavy atom. The highest BCUT2D eigenvalue weighted by atomic mass is 16.5. The molecule has 0 heterocycles. The van der Waals surface area contributed by atoms with E-state index in [1.807, 2.05) is 6.08 Å². The second-order valence-corrected chi connectivity index (χ2v) is 5.22. The third-order valence-electron chi connectivity index (χ3n) is 4.97. The van der Waals surface area contributed by atoms with Crippen LogP contribution < -0.4 is 0 Å². The first kappa shape index (κ1) is 8.66. The Kier molecular flexibility index (Phi) is 1.32. The van der Waals surface area contributed by atoms with Gasteiger partial charge in [-0.1, -0.05) is 13.0 Å². The number of Topliss-reactive ketones (excluding diaryl/α,β-unsaturated/α-hetero) is 1. The first-order valence-electron chi connectivity index (χ1n) is 5.34. The molecule has 4 aliphatic carbocycles. The van der Waals surface area contributed by atoms with Gasteiger partial charge in [0.15, 0.2) is 0 Å². The second-order valence-electron chi connectivity index (χ2n) is 5.22. The van der Waals surface area contributed by atoms with Gasteiger partial charge in [0, 0.05) is 18.9 Å². The molecule has 76 valence electrons. The summed E-state index contributed by atoms with van der Waals surface area (Å²) in [7, 11) is 1.72. The molecule has 14 heavy (non-hydrogen) atoms. The van der Waals surface area contributed by atoms with E-state index in [4.69, 9.17) is 4.74 Å². The molecule has 0 N–H and O–H groups in total. The number of ether oxygens (including phenoxy) is 1. The normalized spacial score (nSPS) is 58.7. The van der Waals surface area contributed by atoms with Gasteiger partial charge in [-0.15, -0.1) is 6.58 Å². The standard InChI is InChI=1S/C12H16O2/c1-4-12(14-3)7-5-6-11(2)8(9(7)13)10(11)12/h4,7-8,10H,1,5-6H2,2-3H3/t7-,8-,10+,11-,12-/m0/s1. The molecule has 4 aliphatic rings. The van der Waals surface area contributed by atoms with E-state index in [-0.39, 0.29) is 22.9 Å². The second kappa shape index (κ2) is 2.13. The summed E-state index contributed by atoms with van der Waals surface area (Å²) >= 11 is 0. The minimum absolute atomic E-state index is 0.0989. The van der Waals surface area contributed by atoms with Gasteiger partial charge in [-0.2, -0.15) is 0 Å². The summed E-state index contributed by atoms with van der Waals surface area (Å²) in [6, 6.07) is 0. The molecule has 4 bridgehead atoms. The molecule has 2 nitrogen and oxygen atoms in total. The summed E-state index contributed by atoms with van der Waals surface area (Å²) in [5.41, 5.74) is -0.0925. The number of carbonyl (C=O) groups excluding carboxylic acids is 1. The lowest BCUT2D eigenvalue weighted by Gasteiger charge is -2.41. The van der Waals surface area contributed by atoms with E-state index in [0.29, 0.717) is 11.7 Å². The smallest absolute Gasteiger partial charge is 0.143 e. The van der Waals surface area contributed by atoms with Gasteiger partial charge in [-0.25, -0.2) is 0 Å². The molecule has 4 saturated carbocycles. The molecular formula is C12H16O2. The van der Waals surface area contributed by atoms with Crippen molar-refractivity contribution in [3.8, 4) is 0 Å². The summed E-state index contributed by atoms with van der Waals surface area (Å²) in [5.74, 6) is 1.23. The van der Waals surface area contributed by atoms with Crippen LogP contribution in [0.3, 0.4) is 0 Å². The minimum atomic E-state index is -0.325. The lowest BCUT2D eigenvalue weighted by Crippen LogP contribution is -2.46. The topological polar surface area (TPSA) is 26.3 Å². The van der Waals surface area contributed by atoms with Crippen LogP contribution >= 0.6 is 0 Å². The van der Waals surface area contributed by atoms with Crippen molar-refractivity contribution in [2.24, 2.45) is 23.2 Å². The van der Waals surface area contributed by atoms with Crippen molar-refractivity contribution >= 4 is 5.78 Å². The number of methoxy groups -OCH3 is 1. The first-order chi connectivity index (χ1) is 6.62. The summed E-state index contributed by atoms with van der Waals surface area (Å²) in [4.78, 5) is 12.0. The van der Waals surface area contributed by atoms with E-state index in [0.717, 1.165) is 6.42 Å². The molecule has 0 unspecified atom stereocenters. The van der Waals surface area contributed by atoms with Gasteiger partial charge < -0.3 is 4.74 Å². The van der Waals surface area contributed by atoms with E-state index in [2.05, 4.69) is 13.5 Å². The summed E-state index contributed by atoms with van der Waals surface area (Å²) in [6.07, 6.45) is 4.06. The molecule has 0 aliphatic heterocycles. The van der Waals surface area contributed by atoms with Gasteiger partial charge in [0.1, 0.15) is 5.78 Å². The molecule has 0 aromatic heterocycles. The van der Waals surface area contributed by atoms with Crippen molar-refractivity contribution in [1.82, 2.24) is 0 Å². The highest BCUT2D eigenvalue weighted by Crippen LogP contribution is 2.77. The largest absolute Gasteiger partial charge is 0.373 e. The average Bonchev–Trinajstić information content (AvgIpc) is 2.75. The fourth-order valence-electron chi connectivity index (χ4n) is 4.24. The minimum Gasteiger partial charge on any atom is -0.373 e. The van der Waals surface area contributed by atoms with E-state index in [1.54, 1.807) is 7.11 Å². The van der Waals surface area contributed by atoms with Crippen LogP contribution in [0.4, 0.5) is 0 Å². The van der Waals surface area contributed by atoms with Crippen molar-refractivity contribution in [2.75, 3.05) is 7.11 Å². The van der Waals surface area contributed by atoms with E-state index in [9.17, 15) is 4.79 Å². The molecule has 0 aromatic rings. The van der Waals surface area contributed by atoms with Crippen LogP contribution in [0.15, 0.2) is 12.7 Å². The number of hydrogen-bond acceptors (Lipinski definition) is 2. The first-order valence-corrected chi connectivity index (χ1v) is 5.34. The predicted octanol–water partition coefficient (Wildman–Crippen LogP) is 1.80. The Hall–Kier alpha value is -0.630. The molecular weight excluding hydrogens is 176 g/mol. The number of fused-ring (bicyclic) bond motifs is 1. The summed E-state index contributed by atoms with van der Waals surface area (Å²) in [5, 5.41) is 0. The third kappa shape index (κ3) is 0.594. The van der Waals surface area contributed by atoms with E-state index < -0.39 is 0 Å². The quantitative estimate of drug-likeness (QED) is 0.624. The summed E-state index contributed by atoms with van der Waals surface area (Å²) in [6.45, 7) is 6.10. The molecule has 0 radical (unpaired) electrons. The van der Waals surface area contributed by atoms with Crippen LogP contribution in [0.1, 0.15) is 19.8 Å². The maximum atomic E-state index is 12.0. The highest BCUT2D eigenvalue weighted by molar-refractivity contribution is 5.94. The van der Waals surface area contributed by atoms with Gasteiger partial charge in [-0.3, -0.25) is 4.79 Å². The molecule has 0 aromatic carbocycles. The van der Waals surface area contributed by atoms with Gasteiger partial charge >= 0.3 is 0 Å². The lowest BCUT2D eigenvalue weighted by atomic mass is 9.68. The molecule has 2 heteroatoms. The molecule has 0 spiro atoms. The Balaban J connectivity index is 2.12. The van der Waals surface area contributed by atoms with Gasteiger partial charge in [0.25, 0.3) is 0 Å². The maximum Gasteiger partial charge on any atom is 0.143 e. The number of carbonyl (C=O) groups is 1. The summed E-state index contributed by atoms with van der Waals surface area (Å²) < 4.78 is 5.63. The fraction of sp³-hybridized carbons (Fsp3) is 0.750. The van der Waals surface area contributed by atoms with Crippen LogP contribution in [0.2, 0.25) is 0 Å². The molecule has 0 amide bonds. The number of hydrogen-bond donors (Lipinski definition) is 0. The molecule has 4 fully saturated rings. The van der Waals surface area contributed by atoms with Crippen LogP contribution in [0.5, 0.6) is 0 Å². The fourth-order valence-corrected chi connectivity index (χ4v) is 4.24. The van der Waals surface area contributed by atoms with Crippen molar-refractivity contribution < 1.29 is 9.53 Å². The Labute approximate surface area is 84.3 Å². The molecule has 4 rings (SSSR count). The van der Waals surface area contributed by atoms with Crippen LogP contribution in [-0.4, -0.2) is 18.5 Å². The van der Waals surface area contributed by atoms with Crippen molar-refractivity contribution in [1.29, 1.82) is 0 Å². The molecule has 0 saturated heterocycles. The molecule has 5 atom stereocenters. The van der Waals surface area contributed by atoms with Gasteiger partial charge in [0.2, 0.25) is 0 Å². The van der Waals surface area contributed by atoms with Crippen molar-refractivity contribution in [3.05, 3.63) is 12.7 Å². The Morgan fingerprint density at radius 2 is 2.36 bits per heavy atom. The third-order valence-corrected chi connectivity index (χ3v) is 4.97. The number of rotatable bonds is 2. The Morgan fingerprint density at radius 3 is 2.71 bits per heavy atom. The van der Waals surface area contributed by atoms with Crippen LogP contribution in [0, 0.1) is 23.2 Å². The zero-order valence-corrected chi connectivity index (χ0v) is 8.75. The average molecular weight is 192 g/mol. The van der Waals surface area contributed by atoms with E-state index >= 15 is 0 Å². The van der Waals surface area contributed by atoms with Gasteiger partial charge in [0.05, 0.1) is 11.5 Å². The highest BCUT2D eigenvalue weighted by Gasteiger charge is 2.82. The Bertz CT molecular complexity index is 335. The SMILES string of the molecule is C=C[C@@]1(OC)[C@@H]2[C@@H]3C(=O)[C@@H]1CC[C@]23C. The number of ketones is 1. The maximum absolute atomic E-state index is 12.0.